The number of nitro benzene ring substituents is 1. The molecule has 0 saturated carbocycles. The van der Waals surface area contributed by atoms with Gasteiger partial charge in [0.1, 0.15) is 5.69 Å². The summed E-state index contributed by atoms with van der Waals surface area (Å²) < 4.78 is 0. The van der Waals surface area contributed by atoms with Crippen LogP contribution in [0.3, 0.4) is 0 Å². The summed E-state index contributed by atoms with van der Waals surface area (Å²) >= 11 is 0. The first-order valence-corrected chi connectivity index (χ1v) is 7.10. The molecule has 2 heterocycles. The van der Waals surface area contributed by atoms with Gasteiger partial charge in [-0.2, -0.15) is 0 Å². The number of fused-ring (bicyclic) bond motifs is 1. The second-order valence-corrected chi connectivity index (χ2v) is 5.60. The van der Waals surface area contributed by atoms with Gasteiger partial charge in [0, 0.05) is 18.8 Å². The average molecular weight is 286 g/mol. The first-order chi connectivity index (χ1) is 10.1. The third kappa shape index (κ3) is 2.31. The molecule has 1 saturated heterocycles. The Kier molecular flexibility index (Phi) is 3.47. The van der Waals surface area contributed by atoms with Crippen LogP contribution in [-0.2, 0) is 0 Å². The van der Waals surface area contributed by atoms with Gasteiger partial charge in [-0.15, -0.1) is 0 Å². The molecule has 2 N–H and O–H groups in total. The minimum absolute atomic E-state index is 0.144. The molecule has 1 aromatic heterocycles. The number of aromatic nitrogens is 1. The molecular formula is C15H18N4O2. The van der Waals surface area contributed by atoms with Gasteiger partial charge in [0.15, 0.2) is 0 Å². The quantitative estimate of drug-likeness (QED) is 0.691. The summed E-state index contributed by atoms with van der Waals surface area (Å²) in [5.74, 6) is 0.393. The summed E-state index contributed by atoms with van der Waals surface area (Å²) in [5, 5.41) is 12.2. The highest BCUT2D eigenvalue weighted by Crippen LogP contribution is 2.39. The molecule has 110 valence electrons. The van der Waals surface area contributed by atoms with Gasteiger partial charge in [-0.3, -0.25) is 15.1 Å². The maximum Gasteiger partial charge on any atom is 0.301 e. The summed E-state index contributed by atoms with van der Waals surface area (Å²) in [7, 11) is 0. The zero-order valence-electron chi connectivity index (χ0n) is 11.9. The van der Waals surface area contributed by atoms with Gasteiger partial charge in [-0.05, 0) is 50.1 Å². The van der Waals surface area contributed by atoms with Crippen molar-refractivity contribution in [3.05, 3.63) is 40.6 Å². The number of anilines is 1. The average Bonchev–Trinajstić information content (AvgIpc) is 2.86. The molecule has 6 heteroatoms. The number of nitrogens with two attached hydrogens (primary N) is 1. The van der Waals surface area contributed by atoms with E-state index >= 15 is 0 Å². The van der Waals surface area contributed by atoms with Crippen molar-refractivity contribution >= 4 is 22.3 Å². The fourth-order valence-electron chi connectivity index (χ4n) is 3.20. The molecule has 0 radical (unpaired) electrons. The van der Waals surface area contributed by atoms with Crippen LogP contribution in [0.2, 0.25) is 0 Å². The summed E-state index contributed by atoms with van der Waals surface area (Å²) in [6.45, 7) is 3.47. The van der Waals surface area contributed by atoms with Crippen LogP contribution in [0, 0.1) is 16.0 Å². The van der Waals surface area contributed by atoms with Crippen LogP contribution in [0.25, 0.3) is 10.9 Å². The molecule has 0 spiro atoms. The van der Waals surface area contributed by atoms with E-state index in [1.54, 1.807) is 18.3 Å². The number of rotatable bonds is 3. The number of nitrogens with zero attached hydrogens (tertiary/aromatic N) is 3. The summed E-state index contributed by atoms with van der Waals surface area (Å²) in [6, 6.07) is 7.40. The maximum atomic E-state index is 11.6. The van der Waals surface area contributed by atoms with Crippen molar-refractivity contribution in [2.45, 2.75) is 19.4 Å². The van der Waals surface area contributed by atoms with Crippen LogP contribution in [0.15, 0.2) is 30.5 Å². The topological polar surface area (TPSA) is 85.3 Å². The Hall–Kier alpha value is -2.21. The van der Waals surface area contributed by atoms with Crippen molar-refractivity contribution in [2.75, 3.05) is 18.0 Å². The molecule has 1 fully saturated rings. The Bertz CT molecular complexity index is 688. The van der Waals surface area contributed by atoms with Gasteiger partial charge in [0.05, 0.1) is 15.8 Å². The van der Waals surface area contributed by atoms with Gasteiger partial charge in [-0.25, -0.2) is 0 Å². The van der Waals surface area contributed by atoms with Crippen molar-refractivity contribution in [1.82, 2.24) is 4.98 Å². The second kappa shape index (κ2) is 5.29. The fourth-order valence-corrected chi connectivity index (χ4v) is 3.20. The van der Waals surface area contributed by atoms with E-state index in [0.29, 0.717) is 29.1 Å². The minimum atomic E-state index is -0.304. The van der Waals surface area contributed by atoms with E-state index in [0.717, 1.165) is 13.0 Å². The first kappa shape index (κ1) is 13.8. The lowest BCUT2D eigenvalue weighted by Gasteiger charge is -2.24. The molecule has 0 bridgehead atoms. The third-order valence-corrected chi connectivity index (χ3v) is 4.22. The molecule has 0 aliphatic carbocycles. The van der Waals surface area contributed by atoms with Crippen molar-refractivity contribution in [2.24, 2.45) is 11.7 Å². The Morgan fingerprint density at radius 1 is 1.48 bits per heavy atom. The number of pyridine rings is 1. The lowest BCUT2D eigenvalue weighted by Crippen LogP contribution is -2.28. The molecule has 1 aliphatic rings. The Balaban J connectivity index is 2.14. The van der Waals surface area contributed by atoms with Crippen molar-refractivity contribution < 1.29 is 4.92 Å². The zero-order valence-corrected chi connectivity index (χ0v) is 11.9. The molecule has 2 unspecified atom stereocenters. The number of hydrogen-bond acceptors (Lipinski definition) is 5. The number of benzene rings is 1. The summed E-state index contributed by atoms with van der Waals surface area (Å²) in [6.07, 6.45) is 2.62. The van der Waals surface area contributed by atoms with Crippen molar-refractivity contribution in [3.63, 3.8) is 0 Å². The van der Waals surface area contributed by atoms with Gasteiger partial charge in [0.25, 0.3) is 0 Å². The summed E-state index contributed by atoms with van der Waals surface area (Å²) in [4.78, 5) is 17.6. The van der Waals surface area contributed by atoms with Crippen LogP contribution < -0.4 is 10.6 Å². The number of hydrogen-bond donors (Lipinski definition) is 1. The molecule has 0 amide bonds. The highest BCUT2D eigenvalue weighted by Gasteiger charge is 2.33. The zero-order chi connectivity index (χ0) is 15.0. The van der Waals surface area contributed by atoms with Crippen LogP contribution in [-0.4, -0.2) is 29.0 Å². The van der Waals surface area contributed by atoms with Crippen molar-refractivity contribution in [1.29, 1.82) is 0 Å². The Labute approximate surface area is 122 Å². The Morgan fingerprint density at radius 2 is 2.29 bits per heavy atom. The molecule has 21 heavy (non-hydrogen) atoms. The smallest absolute Gasteiger partial charge is 0.301 e. The molecule has 2 atom stereocenters. The predicted octanol–water partition coefficient (Wildman–Crippen LogP) is 2.32. The fraction of sp³-hybridized carbons (Fsp3) is 0.400. The lowest BCUT2D eigenvalue weighted by molar-refractivity contribution is -0.382. The van der Waals surface area contributed by atoms with E-state index < -0.39 is 0 Å². The van der Waals surface area contributed by atoms with E-state index in [2.05, 4.69) is 16.8 Å². The van der Waals surface area contributed by atoms with E-state index in [9.17, 15) is 10.1 Å². The standard InChI is InChI=1S/C15H18N4O2/c1-10-7-11(8-16)9-18(10)14-5-4-13-12(3-2-6-17-13)15(14)19(20)21/h2-6,10-11H,7-9,16H2,1H3. The van der Waals surface area contributed by atoms with Gasteiger partial charge in [-0.1, -0.05) is 0 Å². The lowest BCUT2D eigenvalue weighted by atomic mass is 10.1. The predicted molar refractivity (Wildman–Crippen MR) is 82.4 cm³/mol. The molecule has 6 nitrogen and oxygen atoms in total. The molecule has 1 aromatic carbocycles. The minimum Gasteiger partial charge on any atom is -0.363 e. The van der Waals surface area contributed by atoms with E-state index in [1.165, 1.54) is 0 Å². The Morgan fingerprint density at radius 3 is 2.95 bits per heavy atom. The van der Waals surface area contributed by atoms with E-state index in [-0.39, 0.29) is 16.7 Å². The maximum absolute atomic E-state index is 11.6. The number of nitro groups is 1. The van der Waals surface area contributed by atoms with Crippen LogP contribution in [0.1, 0.15) is 13.3 Å². The molecule has 3 rings (SSSR count). The third-order valence-electron chi connectivity index (χ3n) is 4.22. The van der Waals surface area contributed by atoms with Crippen molar-refractivity contribution in [3.8, 4) is 0 Å². The highest BCUT2D eigenvalue weighted by molar-refractivity contribution is 5.94. The highest BCUT2D eigenvalue weighted by atomic mass is 16.6. The largest absolute Gasteiger partial charge is 0.363 e. The van der Waals surface area contributed by atoms with Gasteiger partial charge < -0.3 is 10.6 Å². The molecule has 2 aromatic rings. The van der Waals surface area contributed by atoms with Crippen LogP contribution in [0.4, 0.5) is 11.4 Å². The summed E-state index contributed by atoms with van der Waals surface area (Å²) in [5.41, 5.74) is 7.22. The normalized spacial score (nSPS) is 21.9. The monoisotopic (exact) mass is 286 g/mol. The van der Waals surface area contributed by atoms with Gasteiger partial charge >= 0.3 is 5.69 Å². The first-order valence-electron chi connectivity index (χ1n) is 7.10. The van der Waals surface area contributed by atoms with Crippen LogP contribution >= 0.6 is 0 Å². The second-order valence-electron chi connectivity index (χ2n) is 5.60. The van der Waals surface area contributed by atoms with E-state index in [1.807, 2.05) is 12.1 Å². The SMILES string of the molecule is CC1CC(CN)CN1c1ccc2ncccc2c1[N+](=O)[O-]. The molecule has 1 aliphatic heterocycles. The molecular weight excluding hydrogens is 268 g/mol. The van der Waals surface area contributed by atoms with Gasteiger partial charge in [0.2, 0.25) is 0 Å². The van der Waals surface area contributed by atoms with Crippen LogP contribution in [0.5, 0.6) is 0 Å². The van der Waals surface area contributed by atoms with E-state index in [4.69, 9.17) is 5.73 Å².